The monoisotopic (exact) mass is 536 g/mol. The minimum absolute atomic E-state index is 0.0363. The van der Waals surface area contributed by atoms with Gasteiger partial charge >= 0.3 is 6.09 Å². The average molecular weight is 537 g/mol. The van der Waals surface area contributed by atoms with E-state index in [1.807, 2.05) is 22.8 Å². The molecule has 3 N–H and O–H groups in total. The predicted molar refractivity (Wildman–Crippen MR) is 140 cm³/mol. The Balaban J connectivity index is 1.31. The van der Waals surface area contributed by atoms with Gasteiger partial charge in [-0.15, -0.1) is 0 Å². The summed E-state index contributed by atoms with van der Waals surface area (Å²) in [5, 5.41) is 12.4. The van der Waals surface area contributed by atoms with Crippen LogP contribution in [-0.2, 0) is 14.3 Å². The number of benzene rings is 1. The summed E-state index contributed by atoms with van der Waals surface area (Å²) < 4.78 is 5.43. The number of carbonyl (C=O) groups excluding carboxylic acids is 4. The largest absolute Gasteiger partial charge is 0.444 e. The molecule has 1 aromatic rings. The number of fused-ring (bicyclic) bond motifs is 3. The maximum atomic E-state index is 13.7. The van der Waals surface area contributed by atoms with Gasteiger partial charge in [-0.1, -0.05) is 12.1 Å². The maximum Gasteiger partial charge on any atom is 0.408 e. The fourth-order valence-electron chi connectivity index (χ4n) is 6.45. The van der Waals surface area contributed by atoms with Crippen LogP contribution in [0, 0.1) is 17.2 Å². The standard InChI is InChI=1S/C28H36N6O5/c1-15(16-6-5-7-17(8-16)24(30)35)33-20-11-23(26(33)37)32(13-20)14-21(31-27(38)39-28(2,3)4)25(36)34-19(12-29)9-18-10-22(18)34/h5-8,15,18-23H,9-11,13-14H2,1-4H3,(H2,30,35)(H,31,38)/t15-,18+,19?,20-,21?,22?,23?/m0/s1. The number of piperazine rings is 1. The molecular weight excluding hydrogens is 500 g/mol. The Hall–Kier alpha value is -3.65. The summed E-state index contributed by atoms with van der Waals surface area (Å²) in [4.78, 5) is 57.0. The number of primary amides is 1. The third kappa shape index (κ3) is 5.17. The number of hydrogen-bond donors (Lipinski definition) is 2. The molecule has 4 aliphatic rings. The van der Waals surface area contributed by atoms with Crippen LogP contribution in [-0.4, -0.2) is 87.4 Å². The Morgan fingerprint density at radius 2 is 1.97 bits per heavy atom. The van der Waals surface area contributed by atoms with Crippen LogP contribution in [0.25, 0.3) is 0 Å². The molecule has 1 aliphatic carbocycles. The maximum absolute atomic E-state index is 13.7. The molecule has 11 nitrogen and oxygen atoms in total. The minimum atomic E-state index is -0.944. The van der Waals surface area contributed by atoms with Crippen molar-refractivity contribution in [2.45, 2.75) is 88.8 Å². The molecular formula is C28H36N6O5. The Bertz CT molecular complexity index is 1240. The van der Waals surface area contributed by atoms with Gasteiger partial charge in [0.25, 0.3) is 0 Å². The Labute approximate surface area is 228 Å². The van der Waals surface area contributed by atoms with Crippen molar-refractivity contribution in [3.8, 4) is 6.07 Å². The summed E-state index contributed by atoms with van der Waals surface area (Å²) in [5.74, 6) is -0.536. The average Bonchev–Trinajstić information content (AvgIpc) is 3.18. The van der Waals surface area contributed by atoms with Gasteiger partial charge in [0.05, 0.1) is 18.2 Å². The highest BCUT2D eigenvalue weighted by atomic mass is 16.6. The van der Waals surface area contributed by atoms with Crippen molar-refractivity contribution in [1.82, 2.24) is 20.0 Å². The van der Waals surface area contributed by atoms with E-state index in [1.165, 1.54) is 0 Å². The van der Waals surface area contributed by atoms with Crippen LogP contribution in [0.3, 0.4) is 0 Å². The lowest BCUT2D eigenvalue weighted by Crippen LogP contribution is -2.59. The van der Waals surface area contributed by atoms with Crippen LogP contribution < -0.4 is 11.1 Å². The second kappa shape index (κ2) is 9.83. The van der Waals surface area contributed by atoms with Gasteiger partial charge in [-0.05, 0) is 70.6 Å². The van der Waals surface area contributed by atoms with Crippen molar-refractivity contribution >= 4 is 23.8 Å². The van der Waals surface area contributed by atoms with Crippen molar-refractivity contribution in [3.05, 3.63) is 35.4 Å². The third-order valence-corrected chi connectivity index (χ3v) is 8.30. The summed E-state index contributed by atoms with van der Waals surface area (Å²) in [7, 11) is 0. The number of alkyl carbamates (subject to hydrolysis) is 1. The number of nitrogens with one attached hydrogen (secondary N) is 1. The number of carbonyl (C=O) groups is 4. The molecule has 39 heavy (non-hydrogen) atoms. The molecule has 0 aromatic heterocycles. The highest BCUT2D eigenvalue weighted by Gasteiger charge is 2.56. The zero-order valence-corrected chi connectivity index (χ0v) is 22.8. The summed E-state index contributed by atoms with van der Waals surface area (Å²) in [6.45, 7) is 7.87. The second-order valence-electron chi connectivity index (χ2n) is 12.2. The van der Waals surface area contributed by atoms with Crippen molar-refractivity contribution in [2.24, 2.45) is 11.7 Å². The van der Waals surface area contributed by atoms with Crippen molar-refractivity contribution < 1.29 is 23.9 Å². The minimum Gasteiger partial charge on any atom is -0.444 e. The quantitative estimate of drug-likeness (QED) is 0.537. The van der Waals surface area contributed by atoms with E-state index in [0.717, 1.165) is 12.0 Å². The van der Waals surface area contributed by atoms with Crippen molar-refractivity contribution in [1.29, 1.82) is 5.26 Å². The topological polar surface area (TPSA) is 149 Å². The van der Waals surface area contributed by atoms with Gasteiger partial charge in [0, 0.05) is 30.7 Å². The van der Waals surface area contributed by atoms with Crippen molar-refractivity contribution in [3.63, 3.8) is 0 Å². The van der Waals surface area contributed by atoms with Crippen LogP contribution in [0.5, 0.6) is 0 Å². The van der Waals surface area contributed by atoms with Gasteiger partial charge in [-0.25, -0.2) is 4.79 Å². The Kier molecular flexibility index (Phi) is 6.79. The molecule has 1 saturated carbocycles. The number of ether oxygens (including phenoxy) is 1. The Morgan fingerprint density at radius 1 is 1.23 bits per heavy atom. The first kappa shape index (κ1) is 26.9. The van der Waals surface area contributed by atoms with Gasteiger partial charge in [0.1, 0.15) is 17.7 Å². The first-order chi connectivity index (χ1) is 18.4. The molecule has 4 amide bonds. The molecule has 4 fully saturated rings. The molecule has 208 valence electrons. The van der Waals surface area contributed by atoms with Crippen LogP contribution in [0.15, 0.2) is 24.3 Å². The van der Waals surface area contributed by atoms with E-state index in [2.05, 4.69) is 11.4 Å². The molecule has 0 radical (unpaired) electrons. The Morgan fingerprint density at radius 3 is 2.62 bits per heavy atom. The lowest BCUT2D eigenvalue weighted by atomic mass is 10.0. The number of piperidine rings is 1. The van der Waals surface area contributed by atoms with Crippen molar-refractivity contribution in [2.75, 3.05) is 13.1 Å². The number of nitriles is 1. The summed E-state index contributed by atoms with van der Waals surface area (Å²) in [5.41, 5.74) is 5.92. The predicted octanol–water partition coefficient (Wildman–Crippen LogP) is 1.54. The van der Waals surface area contributed by atoms with E-state index in [0.29, 0.717) is 30.9 Å². The molecule has 11 heteroatoms. The number of hydrogen-bond acceptors (Lipinski definition) is 7. The summed E-state index contributed by atoms with van der Waals surface area (Å²) in [6, 6.07) is 7.07. The molecule has 0 spiro atoms. The summed E-state index contributed by atoms with van der Waals surface area (Å²) >= 11 is 0. The smallest absolute Gasteiger partial charge is 0.408 e. The lowest BCUT2D eigenvalue weighted by molar-refractivity contribution is -0.141. The highest BCUT2D eigenvalue weighted by molar-refractivity contribution is 5.93. The zero-order valence-electron chi connectivity index (χ0n) is 22.8. The fraction of sp³-hybridized carbons (Fsp3) is 0.607. The normalized spacial score (nSPS) is 29.0. The lowest BCUT2D eigenvalue weighted by Gasteiger charge is -2.39. The number of likely N-dealkylation sites (tertiary alicyclic amines) is 3. The molecule has 3 heterocycles. The zero-order chi connectivity index (χ0) is 28.2. The first-order valence-electron chi connectivity index (χ1n) is 13.5. The number of nitrogens with two attached hydrogens (primary N) is 1. The molecule has 5 rings (SSSR count). The molecule has 3 aliphatic heterocycles. The molecule has 1 aromatic carbocycles. The van der Waals surface area contributed by atoms with E-state index in [-0.39, 0.29) is 36.5 Å². The van der Waals surface area contributed by atoms with Gasteiger partial charge in [0.2, 0.25) is 17.7 Å². The van der Waals surface area contributed by atoms with Gasteiger partial charge < -0.3 is 25.6 Å². The SMILES string of the molecule is C[C@@H](c1cccc(C(N)=O)c1)N1C(=O)C2C[C@H]1CN2CC(NC(=O)OC(C)(C)C)C(=O)N1C(C#N)C[C@@H]2CC21. The van der Waals surface area contributed by atoms with Gasteiger partial charge in [-0.2, -0.15) is 5.26 Å². The summed E-state index contributed by atoms with van der Waals surface area (Å²) in [6.07, 6.45) is 1.44. The number of rotatable bonds is 7. The molecule has 4 unspecified atom stereocenters. The van der Waals surface area contributed by atoms with E-state index < -0.39 is 35.7 Å². The van der Waals surface area contributed by atoms with Crippen LogP contribution in [0.4, 0.5) is 4.79 Å². The second-order valence-corrected chi connectivity index (χ2v) is 12.2. The van der Waals surface area contributed by atoms with Gasteiger partial charge in [-0.3, -0.25) is 19.3 Å². The fourth-order valence-corrected chi connectivity index (χ4v) is 6.45. The highest BCUT2D eigenvalue weighted by Crippen LogP contribution is 2.48. The van der Waals surface area contributed by atoms with E-state index >= 15 is 0 Å². The van der Waals surface area contributed by atoms with E-state index in [9.17, 15) is 24.4 Å². The number of amides is 4. The first-order valence-corrected chi connectivity index (χ1v) is 13.5. The van der Waals surface area contributed by atoms with E-state index in [1.54, 1.807) is 43.9 Å². The van der Waals surface area contributed by atoms with Crippen LogP contribution in [0.2, 0.25) is 0 Å². The van der Waals surface area contributed by atoms with Crippen LogP contribution >= 0.6 is 0 Å². The molecule has 2 bridgehead atoms. The van der Waals surface area contributed by atoms with Crippen LogP contribution in [0.1, 0.15) is 68.9 Å². The van der Waals surface area contributed by atoms with Gasteiger partial charge in [0.15, 0.2) is 0 Å². The third-order valence-electron chi connectivity index (χ3n) is 8.30. The molecule has 3 saturated heterocycles. The van der Waals surface area contributed by atoms with E-state index in [4.69, 9.17) is 10.5 Å². The molecule has 7 atom stereocenters. The number of nitrogens with zero attached hydrogens (tertiary/aromatic N) is 4.